The number of likely N-dealkylation sites (tertiary alicyclic amines) is 1. The number of hydrogen-bond donors (Lipinski definition) is 2. The van der Waals surface area contributed by atoms with Gasteiger partial charge in [0.1, 0.15) is 0 Å². The van der Waals surface area contributed by atoms with E-state index in [-0.39, 0.29) is 6.42 Å². The Morgan fingerprint density at radius 3 is 2.72 bits per heavy atom. The van der Waals surface area contributed by atoms with Gasteiger partial charge in [-0.1, -0.05) is 30.3 Å². The molecular formula is C14H19NO3. The van der Waals surface area contributed by atoms with Crippen molar-refractivity contribution in [3.63, 3.8) is 0 Å². The van der Waals surface area contributed by atoms with Crippen LogP contribution in [0, 0.1) is 0 Å². The highest BCUT2D eigenvalue weighted by Gasteiger charge is 2.35. The molecule has 4 heteroatoms. The molecule has 0 saturated carbocycles. The van der Waals surface area contributed by atoms with Crippen LogP contribution < -0.4 is 0 Å². The fourth-order valence-electron chi connectivity index (χ4n) is 2.61. The SMILES string of the molecule is O=C(O)C[C@@]1(O)CCCN(Cc2ccccc2)C1. The summed E-state index contributed by atoms with van der Waals surface area (Å²) in [6, 6.07) is 10.0. The van der Waals surface area contributed by atoms with Crippen molar-refractivity contribution in [1.29, 1.82) is 0 Å². The molecule has 0 amide bonds. The molecule has 1 aliphatic heterocycles. The second-order valence-corrected chi connectivity index (χ2v) is 5.09. The van der Waals surface area contributed by atoms with Crippen molar-refractivity contribution in [2.45, 2.75) is 31.4 Å². The molecule has 2 N–H and O–H groups in total. The smallest absolute Gasteiger partial charge is 0.306 e. The van der Waals surface area contributed by atoms with E-state index in [2.05, 4.69) is 4.90 Å². The van der Waals surface area contributed by atoms with Gasteiger partial charge in [0.2, 0.25) is 0 Å². The van der Waals surface area contributed by atoms with Gasteiger partial charge >= 0.3 is 5.97 Å². The first-order valence-corrected chi connectivity index (χ1v) is 6.28. The molecule has 0 aliphatic carbocycles. The summed E-state index contributed by atoms with van der Waals surface area (Å²) in [5.41, 5.74) is 0.121. The summed E-state index contributed by atoms with van der Waals surface area (Å²) >= 11 is 0. The van der Waals surface area contributed by atoms with Gasteiger partial charge in [0, 0.05) is 13.1 Å². The summed E-state index contributed by atoms with van der Waals surface area (Å²) in [5, 5.41) is 19.1. The summed E-state index contributed by atoms with van der Waals surface area (Å²) in [6.07, 6.45) is 1.25. The quantitative estimate of drug-likeness (QED) is 0.848. The van der Waals surface area contributed by atoms with Crippen molar-refractivity contribution < 1.29 is 15.0 Å². The maximum Gasteiger partial charge on any atom is 0.306 e. The molecule has 1 saturated heterocycles. The van der Waals surface area contributed by atoms with Crippen LogP contribution in [0.4, 0.5) is 0 Å². The molecule has 4 nitrogen and oxygen atoms in total. The van der Waals surface area contributed by atoms with Crippen LogP contribution in [0.1, 0.15) is 24.8 Å². The average molecular weight is 249 g/mol. The molecule has 1 atom stereocenters. The number of carboxylic acids is 1. The highest BCUT2D eigenvalue weighted by Crippen LogP contribution is 2.25. The van der Waals surface area contributed by atoms with Crippen LogP contribution in [0.2, 0.25) is 0 Å². The van der Waals surface area contributed by atoms with Crippen LogP contribution in [0.25, 0.3) is 0 Å². The summed E-state index contributed by atoms with van der Waals surface area (Å²) in [6.45, 7) is 2.12. The molecule has 0 bridgehead atoms. The summed E-state index contributed by atoms with van der Waals surface area (Å²) in [7, 11) is 0. The lowest BCUT2D eigenvalue weighted by Crippen LogP contribution is -2.48. The number of carbonyl (C=O) groups is 1. The molecule has 0 aromatic heterocycles. The van der Waals surface area contributed by atoms with Gasteiger partial charge in [-0.2, -0.15) is 0 Å². The lowest BCUT2D eigenvalue weighted by atomic mass is 9.89. The first-order chi connectivity index (χ1) is 8.57. The highest BCUT2D eigenvalue weighted by atomic mass is 16.4. The summed E-state index contributed by atoms with van der Waals surface area (Å²) < 4.78 is 0. The zero-order chi connectivity index (χ0) is 13.0. The van der Waals surface area contributed by atoms with Crippen LogP contribution in [0.3, 0.4) is 0 Å². The van der Waals surface area contributed by atoms with Crippen molar-refractivity contribution in [2.24, 2.45) is 0 Å². The number of β-amino-alcohol motifs (C(OH)–C–C–N with tert-alkyl or cyclic N) is 1. The van der Waals surface area contributed by atoms with Crippen LogP contribution in [0.5, 0.6) is 0 Å². The predicted molar refractivity (Wildman–Crippen MR) is 68.2 cm³/mol. The molecular weight excluding hydrogens is 230 g/mol. The Kier molecular flexibility index (Phi) is 3.99. The average Bonchev–Trinajstić information content (AvgIpc) is 2.28. The Balaban J connectivity index is 1.96. The Bertz CT molecular complexity index is 407. The van der Waals surface area contributed by atoms with Gasteiger partial charge in [0.15, 0.2) is 0 Å². The van der Waals surface area contributed by atoms with E-state index >= 15 is 0 Å². The van der Waals surface area contributed by atoms with E-state index in [9.17, 15) is 9.90 Å². The first kappa shape index (κ1) is 13.1. The molecule has 1 heterocycles. The zero-order valence-corrected chi connectivity index (χ0v) is 10.4. The van der Waals surface area contributed by atoms with Crippen LogP contribution in [-0.2, 0) is 11.3 Å². The third-order valence-corrected chi connectivity index (χ3v) is 3.36. The molecule has 1 aromatic carbocycles. The van der Waals surface area contributed by atoms with Gasteiger partial charge in [-0.3, -0.25) is 9.69 Å². The van der Waals surface area contributed by atoms with Crippen molar-refractivity contribution in [3.8, 4) is 0 Å². The maximum absolute atomic E-state index is 10.8. The van der Waals surface area contributed by atoms with E-state index in [4.69, 9.17) is 5.11 Å². The number of piperidine rings is 1. The zero-order valence-electron chi connectivity index (χ0n) is 10.4. The molecule has 2 rings (SSSR count). The number of carboxylic acid groups (broad SMARTS) is 1. The molecule has 0 spiro atoms. The van der Waals surface area contributed by atoms with Gasteiger partial charge in [-0.25, -0.2) is 0 Å². The van der Waals surface area contributed by atoms with Crippen LogP contribution >= 0.6 is 0 Å². The van der Waals surface area contributed by atoms with Crippen LogP contribution in [-0.4, -0.2) is 39.8 Å². The van der Waals surface area contributed by atoms with Gasteiger partial charge in [-0.05, 0) is 24.9 Å². The summed E-state index contributed by atoms with van der Waals surface area (Å²) in [5.74, 6) is -0.931. The van der Waals surface area contributed by atoms with Gasteiger partial charge in [-0.15, -0.1) is 0 Å². The number of nitrogens with zero attached hydrogens (tertiary/aromatic N) is 1. The second kappa shape index (κ2) is 5.50. The van der Waals surface area contributed by atoms with E-state index in [1.54, 1.807) is 0 Å². The Hall–Kier alpha value is -1.39. The van der Waals surface area contributed by atoms with E-state index in [0.29, 0.717) is 13.0 Å². The first-order valence-electron chi connectivity index (χ1n) is 6.28. The summed E-state index contributed by atoms with van der Waals surface area (Å²) in [4.78, 5) is 12.9. The minimum Gasteiger partial charge on any atom is -0.481 e. The molecule has 1 aliphatic rings. The van der Waals surface area contributed by atoms with E-state index < -0.39 is 11.6 Å². The largest absolute Gasteiger partial charge is 0.481 e. The Morgan fingerprint density at radius 2 is 2.06 bits per heavy atom. The van der Waals surface area contributed by atoms with Crippen molar-refractivity contribution in [2.75, 3.05) is 13.1 Å². The number of rotatable bonds is 4. The molecule has 18 heavy (non-hydrogen) atoms. The normalized spacial score (nSPS) is 24.9. The number of aliphatic carboxylic acids is 1. The van der Waals surface area contributed by atoms with Crippen LogP contribution in [0.15, 0.2) is 30.3 Å². The molecule has 1 aromatic rings. The third kappa shape index (κ3) is 3.55. The fraction of sp³-hybridized carbons (Fsp3) is 0.500. The number of hydrogen-bond acceptors (Lipinski definition) is 3. The fourth-order valence-corrected chi connectivity index (χ4v) is 2.61. The minimum absolute atomic E-state index is 0.168. The number of aliphatic hydroxyl groups is 1. The van der Waals surface area contributed by atoms with Crippen molar-refractivity contribution in [3.05, 3.63) is 35.9 Å². The maximum atomic E-state index is 10.8. The van der Waals surface area contributed by atoms with Gasteiger partial charge in [0.25, 0.3) is 0 Å². The molecule has 98 valence electrons. The van der Waals surface area contributed by atoms with E-state index in [1.807, 2.05) is 30.3 Å². The van der Waals surface area contributed by atoms with Gasteiger partial charge < -0.3 is 10.2 Å². The van der Waals surface area contributed by atoms with Gasteiger partial charge in [0.05, 0.1) is 12.0 Å². The molecule has 0 radical (unpaired) electrons. The highest BCUT2D eigenvalue weighted by molar-refractivity contribution is 5.68. The molecule has 0 unspecified atom stereocenters. The van der Waals surface area contributed by atoms with E-state index in [1.165, 1.54) is 5.56 Å². The molecule has 1 fully saturated rings. The van der Waals surface area contributed by atoms with Crippen molar-refractivity contribution >= 4 is 5.97 Å². The Labute approximate surface area is 107 Å². The van der Waals surface area contributed by atoms with E-state index in [0.717, 1.165) is 19.5 Å². The lowest BCUT2D eigenvalue weighted by molar-refractivity contribution is -0.145. The third-order valence-electron chi connectivity index (χ3n) is 3.36. The topological polar surface area (TPSA) is 60.8 Å². The predicted octanol–water partition coefficient (Wildman–Crippen LogP) is 1.49. The second-order valence-electron chi connectivity index (χ2n) is 5.09. The lowest BCUT2D eigenvalue weighted by Gasteiger charge is -2.38. The number of benzene rings is 1. The monoisotopic (exact) mass is 249 g/mol. The van der Waals surface area contributed by atoms with Crippen molar-refractivity contribution in [1.82, 2.24) is 4.90 Å². The minimum atomic E-state index is -1.07. The standard InChI is InChI=1S/C14H19NO3/c16-13(17)9-14(18)7-4-8-15(11-14)10-12-5-2-1-3-6-12/h1-3,5-6,18H,4,7-11H2,(H,16,17)/t14-/m0/s1. The Morgan fingerprint density at radius 1 is 1.33 bits per heavy atom.